The largest absolute Gasteiger partial charge is 0.373 e. The minimum Gasteiger partial charge on any atom is -0.373 e. The van der Waals surface area contributed by atoms with Gasteiger partial charge in [-0.2, -0.15) is 0 Å². The van der Waals surface area contributed by atoms with Crippen molar-refractivity contribution >= 4 is 11.9 Å². The molecule has 7 heteroatoms. The van der Waals surface area contributed by atoms with Crippen molar-refractivity contribution in [2.24, 2.45) is 10.9 Å². The Hall–Kier alpha value is -1.34. The Labute approximate surface area is 157 Å². The average Bonchev–Trinajstić information content (AvgIpc) is 3.27. The van der Waals surface area contributed by atoms with E-state index >= 15 is 0 Å². The molecule has 0 spiro atoms. The van der Waals surface area contributed by atoms with Crippen LogP contribution in [0.5, 0.6) is 0 Å². The molecule has 0 aromatic rings. The van der Waals surface area contributed by atoms with Crippen molar-refractivity contribution in [2.45, 2.75) is 58.2 Å². The molecule has 0 aromatic carbocycles. The SMILES string of the molecule is CCNC(=NCC1CN2CCCC2CO1)NC1CCN(C(=O)C(C)C)C1. The number of likely N-dealkylation sites (tertiary alicyclic amines) is 1. The summed E-state index contributed by atoms with van der Waals surface area (Å²) in [5.74, 6) is 1.14. The van der Waals surface area contributed by atoms with Crippen LogP contribution in [0.2, 0.25) is 0 Å². The molecular formula is C19H35N5O2. The van der Waals surface area contributed by atoms with Crippen LogP contribution in [-0.4, -0.2) is 85.7 Å². The summed E-state index contributed by atoms with van der Waals surface area (Å²) in [6, 6.07) is 0.898. The molecule has 148 valence electrons. The van der Waals surface area contributed by atoms with Crippen molar-refractivity contribution in [1.82, 2.24) is 20.4 Å². The molecule has 3 atom stereocenters. The van der Waals surface area contributed by atoms with Crippen molar-refractivity contribution in [3.8, 4) is 0 Å². The molecule has 0 aromatic heterocycles. The van der Waals surface area contributed by atoms with E-state index in [4.69, 9.17) is 9.73 Å². The number of morpholine rings is 1. The first-order chi connectivity index (χ1) is 12.6. The summed E-state index contributed by atoms with van der Waals surface area (Å²) in [5, 5.41) is 6.83. The number of carbonyl (C=O) groups is 1. The number of guanidine groups is 1. The van der Waals surface area contributed by atoms with Gasteiger partial charge in [0.25, 0.3) is 0 Å². The molecule has 0 aliphatic carbocycles. The van der Waals surface area contributed by atoms with E-state index in [1.165, 1.54) is 19.4 Å². The minimum absolute atomic E-state index is 0.0634. The molecule has 0 radical (unpaired) electrons. The van der Waals surface area contributed by atoms with Gasteiger partial charge in [0.05, 0.1) is 19.3 Å². The zero-order valence-electron chi connectivity index (χ0n) is 16.5. The van der Waals surface area contributed by atoms with Crippen LogP contribution in [0.1, 0.15) is 40.0 Å². The van der Waals surface area contributed by atoms with Crippen molar-refractivity contribution < 1.29 is 9.53 Å². The summed E-state index contributed by atoms with van der Waals surface area (Å²) in [7, 11) is 0. The highest BCUT2D eigenvalue weighted by Gasteiger charge is 2.32. The Morgan fingerprint density at radius 2 is 2.12 bits per heavy atom. The Balaban J connectivity index is 1.49. The lowest BCUT2D eigenvalue weighted by molar-refractivity contribution is -0.133. The van der Waals surface area contributed by atoms with Gasteiger partial charge >= 0.3 is 0 Å². The number of hydrogen-bond acceptors (Lipinski definition) is 4. The first-order valence-electron chi connectivity index (χ1n) is 10.3. The third-order valence-electron chi connectivity index (χ3n) is 5.59. The maximum Gasteiger partial charge on any atom is 0.225 e. The summed E-state index contributed by atoms with van der Waals surface area (Å²) in [5.41, 5.74) is 0. The molecular weight excluding hydrogens is 330 g/mol. The fourth-order valence-corrected chi connectivity index (χ4v) is 4.15. The van der Waals surface area contributed by atoms with Gasteiger partial charge in [-0.25, -0.2) is 0 Å². The van der Waals surface area contributed by atoms with Gasteiger partial charge in [-0.1, -0.05) is 13.8 Å². The van der Waals surface area contributed by atoms with Crippen molar-refractivity contribution in [3.63, 3.8) is 0 Å². The smallest absolute Gasteiger partial charge is 0.225 e. The standard InChI is InChI=1S/C19H35N5O2/c1-4-20-19(22-15-7-9-24(11-15)18(25)14(2)3)21-10-17-12-23-8-5-6-16(23)13-26-17/h14-17H,4-13H2,1-3H3,(H2,20,21,22). The van der Waals surface area contributed by atoms with Gasteiger partial charge in [-0.15, -0.1) is 0 Å². The number of ether oxygens (including phenoxy) is 1. The summed E-state index contributed by atoms with van der Waals surface area (Å²) in [6.07, 6.45) is 3.72. The lowest BCUT2D eigenvalue weighted by Crippen LogP contribution is -2.48. The molecule has 1 amide bonds. The molecule has 26 heavy (non-hydrogen) atoms. The monoisotopic (exact) mass is 365 g/mol. The topological polar surface area (TPSA) is 69.2 Å². The van der Waals surface area contributed by atoms with Gasteiger partial charge in [-0.3, -0.25) is 14.7 Å². The van der Waals surface area contributed by atoms with Crippen LogP contribution in [0.25, 0.3) is 0 Å². The molecule has 7 nitrogen and oxygen atoms in total. The molecule has 3 saturated heterocycles. The van der Waals surface area contributed by atoms with E-state index in [1.54, 1.807) is 0 Å². The Kier molecular flexibility index (Phi) is 6.75. The Bertz CT molecular complexity index is 510. The fraction of sp³-hybridized carbons (Fsp3) is 0.895. The predicted octanol–water partition coefficient (Wildman–Crippen LogP) is 0.662. The molecule has 3 aliphatic rings. The molecule has 3 fully saturated rings. The predicted molar refractivity (Wildman–Crippen MR) is 103 cm³/mol. The van der Waals surface area contributed by atoms with Gasteiger partial charge in [0.1, 0.15) is 0 Å². The zero-order valence-corrected chi connectivity index (χ0v) is 16.5. The third-order valence-corrected chi connectivity index (χ3v) is 5.59. The minimum atomic E-state index is 0.0634. The second-order valence-corrected chi connectivity index (χ2v) is 8.03. The fourth-order valence-electron chi connectivity index (χ4n) is 4.15. The highest BCUT2D eigenvalue weighted by atomic mass is 16.5. The number of nitrogens with one attached hydrogen (secondary N) is 2. The third kappa shape index (κ3) is 4.88. The van der Waals surface area contributed by atoms with E-state index in [-0.39, 0.29) is 24.0 Å². The van der Waals surface area contributed by atoms with E-state index < -0.39 is 0 Å². The second-order valence-electron chi connectivity index (χ2n) is 8.03. The number of nitrogens with zero attached hydrogens (tertiary/aromatic N) is 3. The van der Waals surface area contributed by atoms with Gasteiger partial charge in [0.15, 0.2) is 5.96 Å². The van der Waals surface area contributed by atoms with E-state index in [9.17, 15) is 4.79 Å². The van der Waals surface area contributed by atoms with Crippen LogP contribution in [0.15, 0.2) is 4.99 Å². The molecule has 2 N–H and O–H groups in total. The van der Waals surface area contributed by atoms with Gasteiger partial charge in [-0.05, 0) is 32.7 Å². The van der Waals surface area contributed by atoms with Crippen LogP contribution in [0, 0.1) is 5.92 Å². The number of amides is 1. The number of rotatable bonds is 5. The molecule has 3 heterocycles. The van der Waals surface area contributed by atoms with Crippen molar-refractivity contribution in [2.75, 3.05) is 45.9 Å². The van der Waals surface area contributed by atoms with Crippen LogP contribution in [0.3, 0.4) is 0 Å². The second kappa shape index (κ2) is 9.04. The number of fused-ring (bicyclic) bond motifs is 1. The van der Waals surface area contributed by atoms with Gasteiger partial charge < -0.3 is 20.3 Å². The molecule has 0 saturated carbocycles. The van der Waals surface area contributed by atoms with E-state index in [0.29, 0.717) is 12.6 Å². The highest BCUT2D eigenvalue weighted by molar-refractivity contribution is 5.81. The molecule has 3 rings (SSSR count). The Morgan fingerprint density at radius 3 is 2.88 bits per heavy atom. The van der Waals surface area contributed by atoms with E-state index in [1.807, 2.05) is 18.7 Å². The molecule has 3 aliphatic heterocycles. The first kappa shape index (κ1) is 19.4. The summed E-state index contributed by atoms with van der Waals surface area (Å²) >= 11 is 0. The van der Waals surface area contributed by atoms with Crippen molar-refractivity contribution in [3.05, 3.63) is 0 Å². The number of carbonyl (C=O) groups excluding carboxylic acids is 1. The van der Waals surface area contributed by atoms with Crippen LogP contribution in [-0.2, 0) is 9.53 Å². The lowest BCUT2D eigenvalue weighted by Gasteiger charge is -2.34. The normalized spacial score (nSPS) is 29.9. The average molecular weight is 366 g/mol. The van der Waals surface area contributed by atoms with E-state index in [0.717, 1.165) is 45.2 Å². The van der Waals surface area contributed by atoms with Crippen molar-refractivity contribution in [1.29, 1.82) is 0 Å². The maximum absolute atomic E-state index is 12.2. The maximum atomic E-state index is 12.2. The summed E-state index contributed by atoms with van der Waals surface area (Å²) in [6.45, 7) is 12.1. The van der Waals surface area contributed by atoms with E-state index in [2.05, 4.69) is 22.5 Å². The lowest BCUT2D eigenvalue weighted by atomic mass is 10.2. The quantitative estimate of drug-likeness (QED) is 0.553. The summed E-state index contributed by atoms with van der Waals surface area (Å²) < 4.78 is 6.01. The summed E-state index contributed by atoms with van der Waals surface area (Å²) in [4.78, 5) is 21.4. The highest BCUT2D eigenvalue weighted by Crippen LogP contribution is 2.22. The van der Waals surface area contributed by atoms with Crippen LogP contribution < -0.4 is 10.6 Å². The molecule has 3 unspecified atom stereocenters. The number of hydrogen-bond donors (Lipinski definition) is 2. The first-order valence-corrected chi connectivity index (χ1v) is 10.3. The number of aliphatic imine (C=N–C) groups is 1. The van der Waals surface area contributed by atoms with Gasteiger partial charge in [0.2, 0.25) is 5.91 Å². The zero-order chi connectivity index (χ0) is 18.5. The van der Waals surface area contributed by atoms with Gasteiger partial charge in [0, 0.05) is 44.2 Å². The van der Waals surface area contributed by atoms with Crippen LogP contribution in [0.4, 0.5) is 0 Å². The Morgan fingerprint density at radius 1 is 1.27 bits per heavy atom. The van der Waals surface area contributed by atoms with Crippen LogP contribution >= 0.6 is 0 Å². The molecule has 0 bridgehead atoms.